The Bertz CT molecular complexity index is 229. The van der Waals surface area contributed by atoms with E-state index in [0.717, 1.165) is 19.0 Å². The van der Waals surface area contributed by atoms with Crippen molar-refractivity contribution in [1.29, 1.82) is 0 Å². The van der Waals surface area contributed by atoms with E-state index in [1.165, 1.54) is 17.9 Å². The summed E-state index contributed by atoms with van der Waals surface area (Å²) in [4.78, 5) is 6.99. The molecule has 2 aliphatic heterocycles. The van der Waals surface area contributed by atoms with Crippen molar-refractivity contribution in [3.05, 3.63) is 0 Å². The molecule has 2 atom stereocenters. The van der Waals surface area contributed by atoms with E-state index >= 15 is 0 Å². The minimum Gasteiger partial charge on any atom is -0.352 e. The molecule has 1 N–H and O–H groups in total. The van der Waals surface area contributed by atoms with E-state index in [1.54, 1.807) is 0 Å². The summed E-state index contributed by atoms with van der Waals surface area (Å²) in [5, 5.41) is 3.45. The van der Waals surface area contributed by atoms with Crippen LogP contribution in [-0.4, -0.2) is 47.5 Å². The van der Waals surface area contributed by atoms with E-state index in [2.05, 4.69) is 40.8 Å². The Morgan fingerprint density at radius 1 is 1.43 bits per heavy atom. The third-order valence-corrected chi connectivity index (χ3v) is 3.85. The van der Waals surface area contributed by atoms with Crippen molar-refractivity contribution < 1.29 is 0 Å². The fraction of sp³-hybridized carbons (Fsp3) is 0.900. The van der Waals surface area contributed by atoms with E-state index in [0.29, 0.717) is 12.1 Å². The Morgan fingerprint density at radius 2 is 2.29 bits per heavy atom. The summed E-state index contributed by atoms with van der Waals surface area (Å²) < 4.78 is 0. The highest BCUT2D eigenvalue weighted by Crippen LogP contribution is 2.17. The fourth-order valence-electron chi connectivity index (χ4n) is 1.92. The minimum atomic E-state index is 0.521. The monoisotopic (exact) mass is 213 g/mol. The number of hydrogen-bond acceptors (Lipinski definition) is 4. The van der Waals surface area contributed by atoms with Gasteiger partial charge in [0.2, 0.25) is 0 Å². The molecule has 2 aliphatic rings. The van der Waals surface area contributed by atoms with Gasteiger partial charge in [-0.2, -0.15) is 11.8 Å². The third-order valence-electron chi connectivity index (χ3n) is 2.85. The maximum absolute atomic E-state index is 4.55. The summed E-state index contributed by atoms with van der Waals surface area (Å²) in [7, 11) is 0. The number of aliphatic imine (C=N–C) groups is 1. The van der Waals surface area contributed by atoms with E-state index in [4.69, 9.17) is 0 Å². The van der Waals surface area contributed by atoms with Crippen LogP contribution in [0, 0.1) is 0 Å². The van der Waals surface area contributed by atoms with E-state index in [9.17, 15) is 0 Å². The molecule has 1 saturated heterocycles. The molecule has 3 nitrogen and oxygen atoms in total. The normalized spacial score (nSPS) is 33.6. The molecule has 80 valence electrons. The molecule has 14 heavy (non-hydrogen) atoms. The van der Waals surface area contributed by atoms with Crippen LogP contribution in [-0.2, 0) is 0 Å². The molecule has 0 amide bonds. The SMILES string of the molecule is CC1CN=C(N2CCSCCC2C)N1. The number of guanidine groups is 1. The average molecular weight is 213 g/mol. The molecule has 0 bridgehead atoms. The highest BCUT2D eigenvalue weighted by Gasteiger charge is 2.24. The second kappa shape index (κ2) is 4.43. The zero-order chi connectivity index (χ0) is 9.97. The molecule has 0 aromatic heterocycles. The van der Waals surface area contributed by atoms with Gasteiger partial charge < -0.3 is 10.2 Å². The quantitative estimate of drug-likeness (QED) is 0.654. The highest BCUT2D eigenvalue weighted by atomic mass is 32.2. The first kappa shape index (κ1) is 10.1. The van der Waals surface area contributed by atoms with Gasteiger partial charge in [-0.05, 0) is 26.0 Å². The molecular formula is C10H19N3S. The van der Waals surface area contributed by atoms with E-state index in [1.807, 2.05) is 0 Å². The first-order chi connectivity index (χ1) is 6.77. The van der Waals surface area contributed by atoms with Crippen LogP contribution >= 0.6 is 11.8 Å². The van der Waals surface area contributed by atoms with Crippen molar-refractivity contribution in [2.45, 2.75) is 32.4 Å². The number of rotatable bonds is 0. The van der Waals surface area contributed by atoms with Crippen molar-refractivity contribution in [1.82, 2.24) is 10.2 Å². The van der Waals surface area contributed by atoms with Gasteiger partial charge in [-0.15, -0.1) is 0 Å². The lowest BCUT2D eigenvalue weighted by atomic mass is 10.2. The third kappa shape index (κ3) is 2.16. The van der Waals surface area contributed by atoms with Crippen molar-refractivity contribution in [3.63, 3.8) is 0 Å². The first-order valence-corrected chi connectivity index (χ1v) is 6.58. The second-order valence-corrected chi connectivity index (χ2v) is 5.38. The van der Waals surface area contributed by atoms with Crippen molar-refractivity contribution in [2.24, 2.45) is 4.99 Å². The molecule has 2 unspecified atom stereocenters. The average Bonchev–Trinajstić information content (AvgIpc) is 2.46. The summed E-state index contributed by atoms with van der Waals surface area (Å²) in [5.74, 6) is 3.66. The Morgan fingerprint density at radius 3 is 3.00 bits per heavy atom. The minimum absolute atomic E-state index is 0.521. The van der Waals surface area contributed by atoms with Gasteiger partial charge in [-0.3, -0.25) is 4.99 Å². The predicted octanol–water partition coefficient (Wildman–Crippen LogP) is 1.16. The maximum Gasteiger partial charge on any atom is 0.194 e. The zero-order valence-corrected chi connectivity index (χ0v) is 9.81. The van der Waals surface area contributed by atoms with Gasteiger partial charge in [0.05, 0.1) is 6.54 Å². The molecule has 0 saturated carbocycles. The Labute approximate surface area is 90.3 Å². The molecule has 1 fully saturated rings. The summed E-state index contributed by atoms with van der Waals surface area (Å²) in [6.07, 6.45) is 1.28. The lowest BCUT2D eigenvalue weighted by molar-refractivity contribution is 0.336. The Hall–Kier alpha value is -0.380. The predicted molar refractivity (Wildman–Crippen MR) is 63.0 cm³/mol. The van der Waals surface area contributed by atoms with Crippen LogP contribution in [0.15, 0.2) is 4.99 Å². The molecule has 2 heterocycles. The molecule has 0 radical (unpaired) electrons. The smallest absolute Gasteiger partial charge is 0.194 e. The summed E-state index contributed by atoms with van der Waals surface area (Å²) in [6, 6.07) is 1.16. The van der Waals surface area contributed by atoms with Crippen LogP contribution in [0.5, 0.6) is 0 Å². The van der Waals surface area contributed by atoms with E-state index in [-0.39, 0.29) is 0 Å². The van der Waals surface area contributed by atoms with Crippen LogP contribution in [0.2, 0.25) is 0 Å². The maximum atomic E-state index is 4.55. The van der Waals surface area contributed by atoms with Crippen LogP contribution in [0.4, 0.5) is 0 Å². The van der Waals surface area contributed by atoms with Gasteiger partial charge in [-0.25, -0.2) is 0 Å². The largest absolute Gasteiger partial charge is 0.352 e. The van der Waals surface area contributed by atoms with Crippen LogP contribution in [0.1, 0.15) is 20.3 Å². The van der Waals surface area contributed by atoms with Gasteiger partial charge in [0, 0.05) is 24.4 Å². The summed E-state index contributed by atoms with van der Waals surface area (Å²) >= 11 is 2.06. The summed E-state index contributed by atoms with van der Waals surface area (Å²) in [6.45, 7) is 6.57. The number of nitrogens with zero attached hydrogens (tertiary/aromatic N) is 2. The van der Waals surface area contributed by atoms with Crippen molar-refractivity contribution in [2.75, 3.05) is 24.6 Å². The molecule has 0 aliphatic carbocycles. The molecule has 0 aromatic rings. The van der Waals surface area contributed by atoms with Gasteiger partial charge in [0.15, 0.2) is 5.96 Å². The van der Waals surface area contributed by atoms with Crippen molar-refractivity contribution >= 4 is 17.7 Å². The van der Waals surface area contributed by atoms with Gasteiger partial charge in [0.1, 0.15) is 0 Å². The number of nitrogens with one attached hydrogen (secondary N) is 1. The Balaban J connectivity index is 2.00. The molecule has 4 heteroatoms. The number of hydrogen-bond donors (Lipinski definition) is 1. The van der Waals surface area contributed by atoms with Crippen LogP contribution in [0.25, 0.3) is 0 Å². The number of thioether (sulfide) groups is 1. The lowest BCUT2D eigenvalue weighted by Crippen LogP contribution is -2.46. The second-order valence-electron chi connectivity index (χ2n) is 4.15. The standard InChI is InChI=1S/C10H19N3S/c1-8-7-11-10(12-8)13-4-6-14-5-3-9(13)2/h8-9H,3-7H2,1-2H3,(H,11,12). The van der Waals surface area contributed by atoms with Gasteiger partial charge >= 0.3 is 0 Å². The van der Waals surface area contributed by atoms with Gasteiger partial charge in [-0.1, -0.05) is 0 Å². The molecule has 0 spiro atoms. The first-order valence-electron chi connectivity index (χ1n) is 5.43. The fourth-order valence-corrected chi connectivity index (χ4v) is 2.96. The van der Waals surface area contributed by atoms with Crippen molar-refractivity contribution in [3.8, 4) is 0 Å². The van der Waals surface area contributed by atoms with E-state index < -0.39 is 0 Å². The molecule has 2 rings (SSSR count). The van der Waals surface area contributed by atoms with Crippen LogP contribution < -0.4 is 5.32 Å². The zero-order valence-electron chi connectivity index (χ0n) is 8.99. The summed E-state index contributed by atoms with van der Waals surface area (Å²) in [5.41, 5.74) is 0. The van der Waals surface area contributed by atoms with Gasteiger partial charge in [0.25, 0.3) is 0 Å². The molecule has 0 aromatic carbocycles. The lowest BCUT2D eigenvalue weighted by Gasteiger charge is -2.29. The topological polar surface area (TPSA) is 27.6 Å². The molecular weight excluding hydrogens is 194 g/mol. The highest BCUT2D eigenvalue weighted by molar-refractivity contribution is 7.99. The van der Waals surface area contributed by atoms with Crippen LogP contribution in [0.3, 0.4) is 0 Å². The Kier molecular flexibility index (Phi) is 3.21.